The summed E-state index contributed by atoms with van der Waals surface area (Å²) in [5, 5.41) is 10.8. The number of nitrogens with zero attached hydrogens (tertiary/aromatic N) is 2. The van der Waals surface area contributed by atoms with Gasteiger partial charge in [-0.3, -0.25) is 0 Å². The zero-order valence-electron chi connectivity index (χ0n) is 11.1. The number of carbonyl (C=O) groups is 1. The second kappa shape index (κ2) is 6.19. The molecule has 0 aliphatic carbocycles. The molecule has 2 rings (SSSR count). The predicted octanol–water partition coefficient (Wildman–Crippen LogP) is -0.431. The summed E-state index contributed by atoms with van der Waals surface area (Å²) in [6.07, 6.45) is 4.70. The van der Waals surface area contributed by atoms with Crippen molar-refractivity contribution < 1.29 is 18.3 Å². The summed E-state index contributed by atoms with van der Waals surface area (Å²) in [4.78, 5) is 10.8. The van der Waals surface area contributed by atoms with E-state index < -0.39 is 22.1 Å². The fraction of sp³-hybridized carbons (Fsp3) is 0.917. The molecule has 2 aliphatic heterocycles. The van der Waals surface area contributed by atoms with E-state index in [2.05, 4.69) is 0 Å². The molecule has 19 heavy (non-hydrogen) atoms. The molecule has 0 amide bonds. The molecule has 6 nitrogen and oxygen atoms in total. The zero-order valence-corrected chi connectivity index (χ0v) is 11.9. The maximum Gasteiger partial charge on any atom is 0.281 e. The molecule has 0 N–H and O–H groups in total. The lowest BCUT2D eigenvalue weighted by Crippen LogP contribution is -2.49. The number of carboxylic acids is 1. The van der Waals surface area contributed by atoms with Crippen LogP contribution in [0.4, 0.5) is 0 Å². The monoisotopic (exact) mass is 289 g/mol. The van der Waals surface area contributed by atoms with Gasteiger partial charge in [0, 0.05) is 38.1 Å². The summed E-state index contributed by atoms with van der Waals surface area (Å²) in [6.45, 7) is 1.75. The van der Waals surface area contributed by atoms with Crippen molar-refractivity contribution in [2.75, 3.05) is 26.2 Å². The normalized spacial score (nSPS) is 25.1. The van der Waals surface area contributed by atoms with Crippen LogP contribution in [0.2, 0.25) is 0 Å². The number of piperidine rings is 1. The molecule has 0 bridgehead atoms. The largest absolute Gasteiger partial charge is 0.550 e. The van der Waals surface area contributed by atoms with Gasteiger partial charge in [-0.2, -0.15) is 17.0 Å². The maximum absolute atomic E-state index is 12.5. The molecular weight excluding hydrogens is 268 g/mol. The van der Waals surface area contributed by atoms with E-state index in [-0.39, 0.29) is 13.1 Å². The van der Waals surface area contributed by atoms with Crippen LogP contribution in [-0.4, -0.2) is 49.2 Å². The predicted molar refractivity (Wildman–Crippen MR) is 68.3 cm³/mol. The lowest BCUT2D eigenvalue weighted by Gasteiger charge is -2.34. The molecule has 2 saturated heterocycles. The van der Waals surface area contributed by atoms with E-state index in [1.54, 1.807) is 4.31 Å². The van der Waals surface area contributed by atoms with Gasteiger partial charge in [0.25, 0.3) is 10.2 Å². The third kappa shape index (κ3) is 3.46. The molecule has 0 unspecified atom stereocenters. The van der Waals surface area contributed by atoms with Gasteiger partial charge in [-0.15, -0.1) is 0 Å². The number of rotatable bonds is 3. The second-order valence-corrected chi connectivity index (χ2v) is 7.24. The molecule has 110 valence electrons. The summed E-state index contributed by atoms with van der Waals surface area (Å²) in [6, 6.07) is 0. The molecule has 2 heterocycles. The van der Waals surface area contributed by atoms with Gasteiger partial charge in [-0.05, 0) is 25.7 Å². The van der Waals surface area contributed by atoms with Gasteiger partial charge in [-0.25, -0.2) is 0 Å². The Labute approximate surface area is 114 Å². The Bertz CT molecular complexity index is 407. The number of hydrogen-bond acceptors (Lipinski definition) is 4. The average molecular weight is 289 g/mol. The van der Waals surface area contributed by atoms with Crippen LogP contribution in [0.5, 0.6) is 0 Å². The van der Waals surface area contributed by atoms with Crippen molar-refractivity contribution >= 4 is 16.2 Å². The first-order valence-corrected chi connectivity index (χ1v) is 8.37. The van der Waals surface area contributed by atoms with Crippen LogP contribution >= 0.6 is 0 Å². The maximum atomic E-state index is 12.5. The summed E-state index contributed by atoms with van der Waals surface area (Å²) in [5.74, 6) is -1.57. The number of aliphatic carboxylic acids is 1. The first-order valence-electron chi connectivity index (χ1n) is 6.98. The molecule has 0 saturated carbocycles. The minimum absolute atomic E-state index is 0.289. The van der Waals surface area contributed by atoms with Crippen LogP contribution in [0.3, 0.4) is 0 Å². The quantitative estimate of drug-likeness (QED) is 0.706. The van der Waals surface area contributed by atoms with E-state index in [0.717, 1.165) is 25.7 Å². The second-order valence-electron chi connectivity index (χ2n) is 5.31. The fourth-order valence-corrected chi connectivity index (χ4v) is 4.48. The minimum atomic E-state index is -3.40. The molecule has 0 spiro atoms. The van der Waals surface area contributed by atoms with Crippen LogP contribution in [0.1, 0.15) is 38.5 Å². The fourth-order valence-electron chi connectivity index (χ4n) is 2.76. The third-order valence-corrected chi connectivity index (χ3v) is 6.04. The van der Waals surface area contributed by atoms with Crippen LogP contribution in [0.25, 0.3) is 0 Å². The Morgan fingerprint density at radius 3 is 1.84 bits per heavy atom. The Balaban J connectivity index is 1.98. The molecule has 7 heteroatoms. The van der Waals surface area contributed by atoms with Crippen LogP contribution in [-0.2, 0) is 15.0 Å². The van der Waals surface area contributed by atoms with Crippen molar-refractivity contribution in [3.05, 3.63) is 0 Å². The van der Waals surface area contributed by atoms with Crippen molar-refractivity contribution in [2.24, 2.45) is 5.92 Å². The van der Waals surface area contributed by atoms with E-state index >= 15 is 0 Å². The molecule has 2 fully saturated rings. The lowest BCUT2D eigenvalue weighted by molar-refractivity contribution is -0.312. The van der Waals surface area contributed by atoms with E-state index in [1.807, 2.05) is 0 Å². The first kappa shape index (κ1) is 14.7. The van der Waals surface area contributed by atoms with Gasteiger partial charge in [0.15, 0.2) is 0 Å². The molecule has 0 aromatic heterocycles. The van der Waals surface area contributed by atoms with Gasteiger partial charge in [-0.1, -0.05) is 12.8 Å². The Morgan fingerprint density at radius 1 is 0.895 bits per heavy atom. The zero-order chi connectivity index (χ0) is 13.9. The highest BCUT2D eigenvalue weighted by Crippen LogP contribution is 2.22. The van der Waals surface area contributed by atoms with Crippen LogP contribution < -0.4 is 5.11 Å². The lowest BCUT2D eigenvalue weighted by atomic mass is 9.99. The molecule has 0 aromatic carbocycles. The van der Waals surface area contributed by atoms with Crippen molar-refractivity contribution in [3.8, 4) is 0 Å². The number of hydrogen-bond donors (Lipinski definition) is 0. The molecular formula is C12H21N2O4S-. The summed E-state index contributed by atoms with van der Waals surface area (Å²) < 4.78 is 27.9. The van der Waals surface area contributed by atoms with Crippen LogP contribution in [0, 0.1) is 5.92 Å². The summed E-state index contributed by atoms with van der Waals surface area (Å²) in [5.41, 5.74) is 0. The van der Waals surface area contributed by atoms with Crippen molar-refractivity contribution in [2.45, 2.75) is 38.5 Å². The Morgan fingerprint density at radius 2 is 1.37 bits per heavy atom. The number of carbonyl (C=O) groups excluding carboxylic acids is 1. The van der Waals surface area contributed by atoms with Crippen molar-refractivity contribution in [3.63, 3.8) is 0 Å². The van der Waals surface area contributed by atoms with Gasteiger partial charge in [0.1, 0.15) is 0 Å². The Kier molecular flexibility index (Phi) is 4.81. The summed E-state index contributed by atoms with van der Waals surface area (Å²) in [7, 11) is -3.40. The van der Waals surface area contributed by atoms with E-state index in [9.17, 15) is 18.3 Å². The van der Waals surface area contributed by atoms with Gasteiger partial charge < -0.3 is 9.90 Å². The highest BCUT2D eigenvalue weighted by atomic mass is 32.2. The van der Waals surface area contributed by atoms with Crippen molar-refractivity contribution in [1.29, 1.82) is 0 Å². The van der Waals surface area contributed by atoms with E-state index in [1.165, 1.54) is 4.31 Å². The van der Waals surface area contributed by atoms with Crippen LogP contribution in [0.15, 0.2) is 0 Å². The molecule has 2 aliphatic rings. The third-order valence-electron chi connectivity index (χ3n) is 4.00. The smallest absolute Gasteiger partial charge is 0.281 e. The molecule has 0 aromatic rings. The van der Waals surface area contributed by atoms with Gasteiger partial charge in [0.2, 0.25) is 0 Å². The summed E-state index contributed by atoms with van der Waals surface area (Å²) >= 11 is 0. The highest BCUT2D eigenvalue weighted by molar-refractivity contribution is 7.86. The molecule has 0 radical (unpaired) electrons. The number of carboxylic acid groups (broad SMARTS) is 1. The minimum Gasteiger partial charge on any atom is -0.550 e. The topological polar surface area (TPSA) is 80.7 Å². The first-order chi connectivity index (χ1) is 9.01. The molecule has 0 atom stereocenters. The van der Waals surface area contributed by atoms with E-state index in [0.29, 0.717) is 25.9 Å². The highest BCUT2D eigenvalue weighted by Gasteiger charge is 2.33. The SMILES string of the molecule is O=C([O-])C1CCN(S(=O)(=O)N2CCCCCC2)CC1. The average Bonchev–Trinajstić information content (AvgIpc) is 2.68. The van der Waals surface area contributed by atoms with Gasteiger partial charge in [0.05, 0.1) is 0 Å². The standard InChI is InChI=1S/C12H22N2O4S/c15-12(16)11-5-9-14(10-6-11)19(17,18)13-7-3-1-2-4-8-13/h11H,1-10H2,(H,15,16)/p-1. The van der Waals surface area contributed by atoms with E-state index in [4.69, 9.17) is 0 Å². The van der Waals surface area contributed by atoms with Crippen molar-refractivity contribution in [1.82, 2.24) is 8.61 Å². The Hall–Kier alpha value is -0.660. The van der Waals surface area contributed by atoms with Gasteiger partial charge >= 0.3 is 0 Å².